The highest BCUT2D eigenvalue weighted by molar-refractivity contribution is 7.66. The number of rotatable bonds is 4. The largest absolute Gasteiger partial charge is 0.577 e. The molecule has 1 N–H and O–H groups in total. The van der Waals surface area contributed by atoms with E-state index in [1.165, 1.54) is 11.1 Å². The number of hydrogen-bond acceptors (Lipinski definition) is 4. The standard InChI is InChI=1S/C24H38N2O2P/c1-16(2)18-12-11-13-19(17(3)4)22(18)25-29-26(14-20(27-29)23(5,6)7)15-21(28-29)24(8,9)10/h11-17,25H,1-10H3/q+1. The van der Waals surface area contributed by atoms with Crippen molar-refractivity contribution in [3.63, 3.8) is 0 Å². The summed E-state index contributed by atoms with van der Waals surface area (Å²) >= 11 is 0. The zero-order valence-corrected chi connectivity index (χ0v) is 20.6. The van der Waals surface area contributed by atoms with E-state index in [9.17, 15) is 0 Å². The summed E-state index contributed by atoms with van der Waals surface area (Å²) in [6, 6.07) is 6.58. The Morgan fingerprint density at radius 3 is 1.55 bits per heavy atom. The summed E-state index contributed by atoms with van der Waals surface area (Å²) in [5.74, 6) is 2.71. The van der Waals surface area contributed by atoms with Crippen LogP contribution in [0.5, 0.6) is 0 Å². The van der Waals surface area contributed by atoms with Crippen molar-refractivity contribution in [2.45, 2.75) is 81.1 Å². The lowest BCUT2D eigenvalue weighted by Crippen LogP contribution is -2.19. The normalized spacial score (nSPS) is 18.4. The number of nitrogens with one attached hydrogen (secondary N) is 1. The summed E-state index contributed by atoms with van der Waals surface area (Å²) < 4.78 is 15.5. The molecule has 2 heterocycles. The molecule has 160 valence electrons. The summed E-state index contributed by atoms with van der Waals surface area (Å²) in [6.45, 7) is 22.0. The third kappa shape index (κ3) is 4.14. The molecule has 1 aromatic rings. The van der Waals surface area contributed by atoms with Crippen molar-refractivity contribution in [1.29, 1.82) is 0 Å². The van der Waals surface area contributed by atoms with E-state index < -0.39 is 8.02 Å². The first-order chi connectivity index (χ1) is 13.2. The van der Waals surface area contributed by atoms with E-state index in [0.29, 0.717) is 11.8 Å². The smallest absolute Gasteiger partial charge is 0.267 e. The number of benzene rings is 1. The van der Waals surface area contributed by atoms with Crippen molar-refractivity contribution in [3.05, 3.63) is 53.2 Å². The van der Waals surface area contributed by atoms with Gasteiger partial charge in [-0.15, -0.1) is 4.67 Å². The van der Waals surface area contributed by atoms with Gasteiger partial charge in [0.2, 0.25) is 0 Å². The van der Waals surface area contributed by atoms with Crippen LogP contribution >= 0.6 is 8.02 Å². The Bertz CT molecular complexity index is 781. The lowest BCUT2D eigenvalue weighted by molar-refractivity contribution is 0.247. The molecule has 5 heteroatoms. The third-order valence-electron chi connectivity index (χ3n) is 5.35. The summed E-state index contributed by atoms with van der Waals surface area (Å²) in [5.41, 5.74) is 3.58. The van der Waals surface area contributed by atoms with Gasteiger partial charge in [0, 0.05) is 10.8 Å². The Kier molecular flexibility index (Phi) is 5.49. The fourth-order valence-electron chi connectivity index (χ4n) is 3.44. The maximum Gasteiger partial charge on any atom is 0.577 e. The second-order valence-electron chi connectivity index (χ2n) is 10.8. The molecule has 0 atom stereocenters. The molecule has 2 aliphatic heterocycles. The van der Waals surface area contributed by atoms with Gasteiger partial charge in [0.25, 0.3) is 0 Å². The van der Waals surface area contributed by atoms with Gasteiger partial charge in [-0.1, -0.05) is 87.4 Å². The van der Waals surface area contributed by atoms with Gasteiger partial charge in [0.05, 0.1) is 18.1 Å². The Labute approximate surface area is 178 Å². The molecule has 1 aromatic carbocycles. The zero-order valence-electron chi connectivity index (χ0n) is 19.8. The van der Waals surface area contributed by atoms with Gasteiger partial charge >= 0.3 is 8.02 Å². The quantitative estimate of drug-likeness (QED) is 0.501. The van der Waals surface area contributed by atoms with Crippen LogP contribution < -0.4 is 5.09 Å². The van der Waals surface area contributed by atoms with E-state index in [1.807, 2.05) is 0 Å². The van der Waals surface area contributed by atoms with E-state index in [1.54, 1.807) is 0 Å². The summed E-state index contributed by atoms with van der Waals surface area (Å²) in [5, 5.41) is 3.81. The van der Waals surface area contributed by atoms with E-state index in [4.69, 9.17) is 9.05 Å². The number of allylic oxidation sites excluding steroid dienone is 2. The molecule has 0 aromatic heterocycles. The monoisotopic (exact) mass is 417 g/mol. The van der Waals surface area contributed by atoms with Crippen LogP contribution in [0.2, 0.25) is 0 Å². The van der Waals surface area contributed by atoms with Gasteiger partial charge in [-0.3, -0.25) is 9.05 Å². The Morgan fingerprint density at radius 1 is 0.793 bits per heavy atom. The van der Waals surface area contributed by atoms with Crippen molar-refractivity contribution >= 4 is 13.7 Å². The molecule has 0 fully saturated rings. The van der Waals surface area contributed by atoms with Crippen molar-refractivity contribution in [1.82, 2.24) is 4.67 Å². The minimum Gasteiger partial charge on any atom is -0.267 e. The summed E-state index contributed by atoms with van der Waals surface area (Å²) in [7, 11) is -2.57. The second kappa shape index (κ2) is 7.23. The molecular formula is C24H38N2O2P+. The average molecular weight is 418 g/mol. The van der Waals surface area contributed by atoms with E-state index in [2.05, 4.69) is 110 Å². The number of fused-ring (bicyclic) bond motifs is 1. The van der Waals surface area contributed by atoms with Gasteiger partial charge in [-0.25, -0.2) is 0 Å². The minimum absolute atomic E-state index is 0.0867. The number of hydrogen-bond donors (Lipinski definition) is 1. The highest BCUT2D eigenvalue weighted by atomic mass is 31.2. The van der Waals surface area contributed by atoms with E-state index in [-0.39, 0.29) is 10.8 Å². The van der Waals surface area contributed by atoms with Crippen LogP contribution in [-0.4, -0.2) is 4.67 Å². The van der Waals surface area contributed by atoms with Crippen LogP contribution in [0.1, 0.15) is 92.2 Å². The Balaban J connectivity index is 2.09. The fourth-order valence-corrected chi connectivity index (χ4v) is 6.10. The van der Waals surface area contributed by atoms with Crippen molar-refractivity contribution < 1.29 is 9.05 Å². The first-order valence-corrected chi connectivity index (χ1v) is 12.2. The molecule has 0 radical (unpaired) electrons. The number of anilines is 1. The van der Waals surface area contributed by atoms with Crippen molar-refractivity contribution in [3.8, 4) is 0 Å². The predicted octanol–water partition coefficient (Wildman–Crippen LogP) is 8.16. The van der Waals surface area contributed by atoms with Crippen LogP contribution in [0.15, 0.2) is 42.1 Å². The van der Waals surface area contributed by atoms with Gasteiger partial charge in [-0.05, 0) is 23.0 Å². The molecule has 3 rings (SSSR count). The van der Waals surface area contributed by atoms with Gasteiger partial charge in [-0.2, -0.15) is 5.09 Å². The van der Waals surface area contributed by atoms with Gasteiger partial charge < -0.3 is 0 Å². The molecule has 0 saturated heterocycles. The molecule has 2 aliphatic rings. The fraction of sp³-hybridized carbons (Fsp3) is 0.583. The average Bonchev–Trinajstić information content (AvgIpc) is 3.07. The molecular weight excluding hydrogens is 379 g/mol. The van der Waals surface area contributed by atoms with E-state index in [0.717, 1.165) is 17.2 Å². The Hall–Kier alpha value is -1.67. The van der Waals surface area contributed by atoms with Gasteiger partial charge in [0.15, 0.2) is 11.5 Å². The minimum atomic E-state index is -2.57. The van der Waals surface area contributed by atoms with Crippen molar-refractivity contribution in [2.75, 3.05) is 5.09 Å². The van der Waals surface area contributed by atoms with Crippen molar-refractivity contribution in [2.24, 2.45) is 10.8 Å². The van der Waals surface area contributed by atoms with Crippen LogP contribution in [0.25, 0.3) is 0 Å². The summed E-state index contributed by atoms with van der Waals surface area (Å²) in [6.07, 6.45) is 4.24. The van der Waals surface area contributed by atoms with Crippen LogP contribution in [0.4, 0.5) is 5.69 Å². The SMILES string of the molecule is CC(C)c1cccc(C(C)C)c1N[P+]12OC(C(C)(C)C)=CN1C=C(C(C)(C)C)O2. The second-order valence-corrected chi connectivity index (χ2v) is 12.9. The maximum atomic E-state index is 6.65. The first kappa shape index (κ1) is 22.0. The number of nitrogens with zero attached hydrogens (tertiary/aromatic N) is 1. The molecule has 0 unspecified atom stereocenters. The molecule has 29 heavy (non-hydrogen) atoms. The van der Waals surface area contributed by atoms with Crippen LogP contribution in [-0.2, 0) is 9.05 Å². The molecule has 0 spiro atoms. The van der Waals surface area contributed by atoms with E-state index >= 15 is 0 Å². The van der Waals surface area contributed by atoms with Gasteiger partial charge in [0.1, 0.15) is 0 Å². The predicted molar refractivity (Wildman–Crippen MR) is 124 cm³/mol. The van der Waals surface area contributed by atoms with Crippen LogP contribution in [0, 0.1) is 10.8 Å². The number of para-hydroxylation sites is 1. The highest BCUT2D eigenvalue weighted by Crippen LogP contribution is 2.75. The molecule has 4 nitrogen and oxygen atoms in total. The molecule has 0 bridgehead atoms. The zero-order chi connectivity index (χ0) is 21.8. The molecule has 0 saturated carbocycles. The van der Waals surface area contributed by atoms with Crippen LogP contribution in [0.3, 0.4) is 0 Å². The topological polar surface area (TPSA) is 33.7 Å². The lowest BCUT2D eigenvalue weighted by Gasteiger charge is -2.27. The third-order valence-corrected chi connectivity index (χ3v) is 7.59. The Morgan fingerprint density at radius 2 is 1.21 bits per heavy atom. The summed E-state index contributed by atoms with van der Waals surface area (Å²) in [4.78, 5) is 0. The molecule has 0 amide bonds. The highest BCUT2D eigenvalue weighted by Gasteiger charge is 2.64. The molecule has 0 aliphatic carbocycles. The first-order valence-electron chi connectivity index (χ1n) is 10.7. The lowest BCUT2D eigenvalue weighted by atomic mass is 9.93. The maximum absolute atomic E-state index is 6.65.